The average molecular weight is 381 g/mol. The number of Topliss-reactive ketones (excluding diaryl/α,β-unsaturated/α-hetero) is 2. The van der Waals surface area contributed by atoms with Crippen LogP contribution in [-0.2, 0) is 10.2 Å². The van der Waals surface area contributed by atoms with Crippen LogP contribution in [0.25, 0.3) is 0 Å². The van der Waals surface area contributed by atoms with E-state index in [1.54, 1.807) is 39.3 Å². The van der Waals surface area contributed by atoms with E-state index in [-0.39, 0.29) is 11.6 Å². The van der Waals surface area contributed by atoms with E-state index < -0.39 is 5.41 Å². The topological polar surface area (TPSA) is 55.8 Å². The van der Waals surface area contributed by atoms with Gasteiger partial charge in [-0.05, 0) is 50.6 Å². The van der Waals surface area contributed by atoms with E-state index in [4.69, 9.17) is 9.47 Å². The van der Waals surface area contributed by atoms with Crippen molar-refractivity contribution < 1.29 is 19.1 Å². The van der Waals surface area contributed by atoms with E-state index >= 15 is 0 Å². The number of likely N-dealkylation sites (tertiary alicyclic amines) is 1. The van der Waals surface area contributed by atoms with E-state index in [1.807, 2.05) is 30.3 Å². The third-order valence-electron chi connectivity index (χ3n) is 5.79. The summed E-state index contributed by atoms with van der Waals surface area (Å²) >= 11 is 0. The monoisotopic (exact) mass is 381 g/mol. The van der Waals surface area contributed by atoms with Crippen molar-refractivity contribution in [2.75, 3.05) is 33.9 Å². The largest absolute Gasteiger partial charge is 0.497 e. The van der Waals surface area contributed by atoms with Crippen LogP contribution >= 0.6 is 0 Å². The van der Waals surface area contributed by atoms with Crippen molar-refractivity contribution >= 4 is 11.6 Å². The number of piperidine rings is 1. The van der Waals surface area contributed by atoms with Crippen molar-refractivity contribution in [3.05, 3.63) is 59.7 Å². The molecule has 0 N–H and O–H groups in total. The maximum atomic E-state index is 12.8. The van der Waals surface area contributed by atoms with Crippen LogP contribution in [-0.4, -0.2) is 50.3 Å². The molecule has 5 heteroatoms. The molecule has 1 fully saturated rings. The third kappa shape index (κ3) is 3.94. The maximum absolute atomic E-state index is 12.8. The van der Waals surface area contributed by atoms with Crippen LogP contribution < -0.4 is 9.47 Å². The molecule has 1 saturated heterocycles. The van der Waals surface area contributed by atoms with Gasteiger partial charge in [0.25, 0.3) is 0 Å². The number of methoxy groups -OCH3 is 2. The Morgan fingerprint density at radius 3 is 2.25 bits per heavy atom. The first-order chi connectivity index (χ1) is 13.5. The Morgan fingerprint density at radius 2 is 1.68 bits per heavy atom. The molecule has 3 rings (SSSR count). The average Bonchev–Trinajstić information content (AvgIpc) is 2.74. The molecule has 1 aliphatic rings. The first-order valence-electron chi connectivity index (χ1n) is 9.54. The standard InChI is InChI=1S/C23H27NO4/c1-17(25)23(18-7-5-4-6-8-18)11-13-24(14-12-23)16-21(26)20-10-9-19(27-2)15-22(20)28-3/h4-10,15H,11-14,16H2,1-3H3. The fourth-order valence-corrected chi connectivity index (χ4v) is 4.01. The number of hydrogen-bond donors (Lipinski definition) is 0. The zero-order chi connectivity index (χ0) is 20.1. The van der Waals surface area contributed by atoms with E-state index in [2.05, 4.69) is 4.90 Å². The molecule has 0 atom stereocenters. The van der Waals surface area contributed by atoms with Crippen LogP contribution in [0.2, 0.25) is 0 Å². The van der Waals surface area contributed by atoms with Gasteiger partial charge in [0.1, 0.15) is 17.3 Å². The highest BCUT2D eigenvalue weighted by atomic mass is 16.5. The summed E-state index contributed by atoms with van der Waals surface area (Å²) in [5, 5.41) is 0. The highest BCUT2D eigenvalue weighted by Gasteiger charge is 2.40. The lowest BCUT2D eigenvalue weighted by Crippen LogP contribution is -2.47. The first-order valence-corrected chi connectivity index (χ1v) is 9.54. The van der Waals surface area contributed by atoms with Gasteiger partial charge in [-0.2, -0.15) is 0 Å². The van der Waals surface area contributed by atoms with Gasteiger partial charge in [0.15, 0.2) is 5.78 Å². The summed E-state index contributed by atoms with van der Waals surface area (Å²) < 4.78 is 10.6. The predicted molar refractivity (Wildman–Crippen MR) is 108 cm³/mol. The highest BCUT2D eigenvalue weighted by Crippen LogP contribution is 2.36. The summed E-state index contributed by atoms with van der Waals surface area (Å²) in [5.74, 6) is 1.38. The van der Waals surface area contributed by atoms with Gasteiger partial charge in [0.2, 0.25) is 0 Å². The zero-order valence-corrected chi connectivity index (χ0v) is 16.7. The zero-order valence-electron chi connectivity index (χ0n) is 16.7. The fourth-order valence-electron chi connectivity index (χ4n) is 4.01. The number of carbonyl (C=O) groups excluding carboxylic acids is 2. The molecule has 0 unspecified atom stereocenters. The Hall–Kier alpha value is -2.66. The molecule has 0 saturated carbocycles. The van der Waals surface area contributed by atoms with Gasteiger partial charge >= 0.3 is 0 Å². The van der Waals surface area contributed by atoms with Crippen molar-refractivity contribution in [1.29, 1.82) is 0 Å². The van der Waals surface area contributed by atoms with Gasteiger partial charge in [-0.1, -0.05) is 30.3 Å². The molecule has 0 aliphatic carbocycles. The van der Waals surface area contributed by atoms with Gasteiger partial charge in [-0.25, -0.2) is 0 Å². The molecule has 2 aromatic carbocycles. The first kappa shape index (κ1) is 20.1. The summed E-state index contributed by atoms with van der Waals surface area (Å²) in [6, 6.07) is 15.2. The Bertz CT molecular complexity index is 839. The number of benzene rings is 2. The van der Waals surface area contributed by atoms with Crippen molar-refractivity contribution in [2.45, 2.75) is 25.2 Å². The molecule has 2 aromatic rings. The van der Waals surface area contributed by atoms with Crippen LogP contribution in [0.3, 0.4) is 0 Å². The van der Waals surface area contributed by atoms with Crippen molar-refractivity contribution in [1.82, 2.24) is 4.90 Å². The van der Waals surface area contributed by atoms with Gasteiger partial charge in [0.05, 0.1) is 31.7 Å². The minimum Gasteiger partial charge on any atom is -0.497 e. The van der Waals surface area contributed by atoms with E-state index in [1.165, 1.54) is 0 Å². The van der Waals surface area contributed by atoms with Crippen LogP contribution in [0, 0.1) is 0 Å². The van der Waals surface area contributed by atoms with Crippen LogP contribution in [0.15, 0.2) is 48.5 Å². The lowest BCUT2D eigenvalue weighted by atomic mass is 9.70. The molecular formula is C23H27NO4. The van der Waals surface area contributed by atoms with Gasteiger partial charge < -0.3 is 9.47 Å². The molecule has 0 bridgehead atoms. The lowest BCUT2D eigenvalue weighted by Gasteiger charge is -2.40. The lowest BCUT2D eigenvalue weighted by molar-refractivity contribution is -0.124. The Morgan fingerprint density at radius 1 is 1.00 bits per heavy atom. The summed E-state index contributed by atoms with van der Waals surface area (Å²) in [7, 11) is 3.13. The number of hydrogen-bond acceptors (Lipinski definition) is 5. The molecule has 0 radical (unpaired) electrons. The maximum Gasteiger partial charge on any atom is 0.180 e. The van der Waals surface area contributed by atoms with Crippen molar-refractivity contribution in [3.63, 3.8) is 0 Å². The quantitative estimate of drug-likeness (QED) is 0.687. The molecule has 28 heavy (non-hydrogen) atoms. The summed E-state index contributed by atoms with van der Waals surface area (Å²) in [4.78, 5) is 27.5. The van der Waals surface area contributed by atoms with Crippen LogP contribution in [0.1, 0.15) is 35.7 Å². The smallest absolute Gasteiger partial charge is 0.180 e. The number of nitrogens with zero attached hydrogens (tertiary/aromatic N) is 1. The summed E-state index contributed by atoms with van der Waals surface area (Å²) in [6.45, 7) is 3.40. The molecule has 0 aromatic heterocycles. The van der Waals surface area contributed by atoms with Gasteiger partial charge in [0, 0.05) is 6.07 Å². The molecular weight excluding hydrogens is 354 g/mol. The molecule has 0 amide bonds. The van der Waals surface area contributed by atoms with Crippen LogP contribution in [0.5, 0.6) is 11.5 Å². The summed E-state index contributed by atoms with van der Waals surface area (Å²) in [6.07, 6.45) is 1.44. The van der Waals surface area contributed by atoms with E-state index in [0.29, 0.717) is 36.7 Å². The summed E-state index contributed by atoms with van der Waals surface area (Å²) in [5.41, 5.74) is 1.18. The molecule has 148 valence electrons. The van der Waals surface area contributed by atoms with Crippen LogP contribution in [0.4, 0.5) is 0 Å². The minimum atomic E-state index is -0.446. The highest BCUT2D eigenvalue weighted by molar-refractivity contribution is 6.00. The number of ketones is 2. The molecule has 0 spiro atoms. The molecule has 1 aliphatic heterocycles. The SMILES string of the molecule is COc1ccc(C(=O)CN2CCC(C(C)=O)(c3ccccc3)CC2)c(OC)c1. The Balaban J connectivity index is 1.70. The molecule has 1 heterocycles. The van der Waals surface area contributed by atoms with E-state index in [9.17, 15) is 9.59 Å². The Kier molecular flexibility index (Phi) is 6.15. The number of carbonyl (C=O) groups is 2. The number of rotatable bonds is 7. The minimum absolute atomic E-state index is 0.00883. The van der Waals surface area contributed by atoms with E-state index in [0.717, 1.165) is 18.4 Å². The third-order valence-corrected chi connectivity index (χ3v) is 5.79. The van der Waals surface area contributed by atoms with Gasteiger partial charge in [-0.3, -0.25) is 14.5 Å². The number of ether oxygens (including phenoxy) is 2. The second kappa shape index (κ2) is 8.57. The van der Waals surface area contributed by atoms with Crippen molar-refractivity contribution in [2.24, 2.45) is 0 Å². The second-order valence-corrected chi connectivity index (χ2v) is 7.27. The predicted octanol–water partition coefficient (Wildman–Crippen LogP) is 3.51. The van der Waals surface area contributed by atoms with Crippen molar-refractivity contribution in [3.8, 4) is 11.5 Å². The molecule has 5 nitrogen and oxygen atoms in total. The fraction of sp³-hybridized carbons (Fsp3) is 0.391. The normalized spacial score (nSPS) is 16.4. The van der Waals surface area contributed by atoms with Gasteiger partial charge in [-0.15, -0.1) is 0 Å². The second-order valence-electron chi connectivity index (χ2n) is 7.27. The Labute approximate surface area is 166 Å².